The van der Waals surface area contributed by atoms with E-state index in [9.17, 15) is 0 Å². The maximum atomic E-state index is 5.39. The van der Waals surface area contributed by atoms with Gasteiger partial charge in [0.2, 0.25) is 0 Å². The molecular weight excluding hydrogens is 282 g/mol. The summed E-state index contributed by atoms with van der Waals surface area (Å²) in [5.41, 5.74) is 0. The third kappa shape index (κ3) is 2.45. The molecule has 0 radical (unpaired) electrons. The van der Waals surface area contributed by atoms with Gasteiger partial charge in [-0.15, -0.1) is 0 Å². The van der Waals surface area contributed by atoms with Crippen molar-refractivity contribution in [1.29, 1.82) is 0 Å². The van der Waals surface area contributed by atoms with Crippen molar-refractivity contribution in [1.82, 2.24) is 9.97 Å². The lowest BCUT2D eigenvalue weighted by Gasteiger charge is -2.18. The van der Waals surface area contributed by atoms with Crippen molar-refractivity contribution in [2.45, 2.75) is 31.3 Å². The molecule has 1 aliphatic carbocycles. The van der Waals surface area contributed by atoms with E-state index >= 15 is 0 Å². The summed E-state index contributed by atoms with van der Waals surface area (Å²) in [6.45, 7) is 1.95. The van der Waals surface area contributed by atoms with Crippen LogP contribution in [0.5, 0.6) is 0 Å². The molecule has 3 rings (SSSR count). The van der Waals surface area contributed by atoms with E-state index in [4.69, 9.17) is 4.74 Å². The maximum absolute atomic E-state index is 5.39. The van der Waals surface area contributed by atoms with Gasteiger partial charge >= 0.3 is 0 Å². The van der Waals surface area contributed by atoms with Gasteiger partial charge in [-0.05, 0) is 35.2 Å². The van der Waals surface area contributed by atoms with Gasteiger partial charge in [0.25, 0.3) is 0 Å². The van der Waals surface area contributed by atoms with Gasteiger partial charge in [-0.3, -0.25) is 0 Å². The zero-order valence-electron chi connectivity index (χ0n) is 9.90. The SMILES string of the molecule is COC1CCN(c2cc(Br)nc(C3CC3)n2)C1. The molecule has 1 saturated heterocycles. The van der Waals surface area contributed by atoms with Crippen molar-refractivity contribution >= 4 is 21.7 Å². The zero-order valence-corrected chi connectivity index (χ0v) is 11.5. The van der Waals surface area contributed by atoms with Crippen LogP contribution in [0.2, 0.25) is 0 Å². The topological polar surface area (TPSA) is 38.2 Å². The average Bonchev–Trinajstić information content (AvgIpc) is 3.06. The molecule has 1 saturated carbocycles. The van der Waals surface area contributed by atoms with Crippen LogP contribution >= 0.6 is 15.9 Å². The van der Waals surface area contributed by atoms with Crippen LogP contribution in [0.15, 0.2) is 10.7 Å². The molecule has 2 fully saturated rings. The predicted octanol–water partition coefficient (Wildman–Crippen LogP) is 2.34. The van der Waals surface area contributed by atoms with Crippen LogP contribution in [0.1, 0.15) is 31.0 Å². The lowest BCUT2D eigenvalue weighted by molar-refractivity contribution is 0.121. The fourth-order valence-corrected chi connectivity index (χ4v) is 2.62. The Morgan fingerprint density at radius 2 is 2.18 bits per heavy atom. The fourth-order valence-electron chi connectivity index (χ4n) is 2.24. The Balaban J connectivity index is 1.82. The molecule has 2 heterocycles. The molecule has 0 spiro atoms. The van der Waals surface area contributed by atoms with Gasteiger partial charge in [0.1, 0.15) is 16.2 Å². The molecule has 1 atom stereocenters. The summed E-state index contributed by atoms with van der Waals surface area (Å²) in [5, 5.41) is 0. The normalized spacial score (nSPS) is 24.4. The maximum Gasteiger partial charge on any atom is 0.135 e. The summed E-state index contributed by atoms with van der Waals surface area (Å²) in [6, 6.07) is 2.00. The monoisotopic (exact) mass is 297 g/mol. The second kappa shape index (κ2) is 4.53. The first-order chi connectivity index (χ1) is 8.26. The van der Waals surface area contributed by atoms with Crippen molar-refractivity contribution in [3.63, 3.8) is 0 Å². The zero-order chi connectivity index (χ0) is 11.8. The van der Waals surface area contributed by atoms with E-state index in [1.807, 2.05) is 6.07 Å². The molecular formula is C12H16BrN3O. The third-order valence-corrected chi connectivity index (χ3v) is 3.85. The molecule has 1 aliphatic heterocycles. The van der Waals surface area contributed by atoms with Crippen molar-refractivity contribution in [2.75, 3.05) is 25.1 Å². The molecule has 0 aromatic carbocycles. The lowest BCUT2D eigenvalue weighted by Crippen LogP contribution is -2.23. The third-order valence-electron chi connectivity index (χ3n) is 3.44. The number of hydrogen-bond acceptors (Lipinski definition) is 4. The molecule has 0 bridgehead atoms. The van der Waals surface area contributed by atoms with Crippen LogP contribution in [-0.4, -0.2) is 36.3 Å². The average molecular weight is 298 g/mol. The van der Waals surface area contributed by atoms with Crippen LogP contribution in [0.4, 0.5) is 5.82 Å². The molecule has 5 heteroatoms. The highest BCUT2D eigenvalue weighted by Crippen LogP contribution is 2.39. The molecule has 17 heavy (non-hydrogen) atoms. The Hall–Kier alpha value is -0.680. The Kier molecular flexibility index (Phi) is 3.04. The summed E-state index contributed by atoms with van der Waals surface area (Å²) in [5.74, 6) is 2.62. The Bertz CT molecular complexity index is 422. The van der Waals surface area contributed by atoms with Crippen LogP contribution in [0.25, 0.3) is 0 Å². The summed E-state index contributed by atoms with van der Waals surface area (Å²) in [4.78, 5) is 11.4. The second-order valence-electron chi connectivity index (χ2n) is 4.77. The first-order valence-corrected chi connectivity index (χ1v) is 6.88. The molecule has 1 unspecified atom stereocenters. The number of anilines is 1. The summed E-state index contributed by atoms with van der Waals surface area (Å²) >= 11 is 3.48. The number of halogens is 1. The van der Waals surface area contributed by atoms with E-state index in [-0.39, 0.29) is 0 Å². The van der Waals surface area contributed by atoms with Gasteiger partial charge in [0, 0.05) is 32.2 Å². The molecule has 0 amide bonds. The lowest BCUT2D eigenvalue weighted by atomic mass is 10.3. The number of aromatic nitrogens is 2. The standard InChI is InChI=1S/C12H16BrN3O/c1-17-9-4-5-16(7-9)11-6-10(13)14-12(15-11)8-2-3-8/h6,8-9H,2-5,7H2,1H3. The minimum absolute atomic E-state index is 0.341. The molecule has 1 aromatic rings. The van der Waals surface area contributed by atoms with Gasteiger partial charge in [0.15, 0.2) is 0 Å². The first kappa shape index (κ1) is 11.4. The number of ether oxygens (including phenoxy) is 1. The predicted molar refractivity (Wildman–Crippen MR) is 69.3 cm³/mol. The summed E-state index contributed by atoms with van der Waals surface area (Å²) in [7, 11) is 1.78. The largest absolute Gasteiger partial charge is 0.380 e. The molecule has 92 valence electrons. The first-order valence-electron chi connectivity index (χ1n) is 6.08. The van der Waals surface area contributed by atoms with Crippen LogP contribution in [0.3, 0.4) is 0 Å². The Morgan fingerprint density at radius 1 is 1.35 bits per heavy atom. The Labute approximate surface area is 110 Å². The van der Waals surface area contributed by atoms with Crippen LogP contribution in [0, 0.1) is 0 Å². The molecule has 2 aliphatic rings. The van der Waals surface area contributed by atoms with Crippen molar-refractivity contribution in [3.05, 3.63) is 16.5 Å². The minimum Gasteiger partial charge on any atom is -0.380 e. The molecule has 4 nitrogen and oxygen atoms in total. The Morgan fingerprint density at radius 3 is 2.82 bits per heavy atom. The van der Waals surface area contributed by atoms with Crippen molar-refractivity contribution in [2.24, 2.45) is 0 Å². The minimum atomic E-state index is 0.341. The highest BCUT2D eigenvalue weighted by molar-refractivity contribution is 9.10. The van der Waals surface area contributed by atoms with E-state index in [0.717, 1.165) is 35.8 Å². The number of nitrogens with zero attached hydrogens (tertiary/aromatic N) is 3. The van der Waals surface area contributed by atoms with Crippen molar-refractivity contribution in [3.8, 4) is 0 Å². The highest BCUT2D eigenvalue weighted by atomic mass is 79.9. The van der Waals surface area contributed by atoms with E-state index in [1.54, 1.807) is 7.11 Å². The quantitative estimate of drug-likeness (QED) is 0.803. The number of methoxy groups -OCH3 is 1. The summed E-state index contributed by atoms with van der Waals surface area (Å²) in [6.07, 6.45) is 3.89. The van der Waals surface area contributed by atoms with Gasteiger partial charge in [-0.25, -0.2) is 9.97 Å². The second-order valence-corrected chi connectivity index (χ2v) is 5.59. The van der Waals surface area contributed by atoms with Gasteiger partial charge < -0.3 is 9.64 Å². The van der Waals surface area contributed by atoms with Crippen LogP contribution < -0.4 is 4.90 Å². The van der Waals surface area contributed by atoms with Crippen LogP contribution in [-0.2, 0) is 4.74 Å². The number of hydrogen-bond donors (Lipinski definition) is 0. The van der Waals surface area contributed by atoms with Gasteiger partial charge in [0.05, 0.1) is 6.10 Å². The van der Waals surface area contributed by atoms with Crippen molar-refractivity contribution < 1.29 is 4.74 Å². The van der Waals surface area contributed by atoms with E-state index in [0.29, 0.717) is 12.0 Å². The van der Waals surface area contributed by atoms with E-state index in [1.165, 1.54) is 12.8 Å². The van der Waals surface area contributed by atoms with Gasteiger partial charge in [-0.1, -0.05) is 0 Å². The van der Waals surface area contributed by atoms with E-state index < -0.39 is 0 Å². The smallest absolute Gasteiger partial charge is 0.135 e. The molecule has 0 N–H and O–H groups in total. The van der Waals surface area contributed by atoms with Gasteiger partial charge in [-0.2, -0.15) is 0 Å². The number of rotatable bonds is 3. The fraction of sp³-hybridized carbons (Fsp3) is 0.667. The summed E-state index contributed by atoms with van der Waals surface area (Å²) < 4.78 is 6.28. The highest BCUT2D eigenvalue weighted by Gasteiger charge is 2.29. The van der Waals surface area contributed by atoms with E-state index in [2.05, 4.69) is 30.8 Å². The molecule has 1 aromatic heterocycles.